The number of ketones is 1. The average molecular weight is 506 g/mol. The molecule has 9 heteroatoms. The Morgan fingerprint density at radius 1 is 1.22 bits per heavy atom. The fraction of sp³-hybridized carbons (Fsp3) is 0.611. The van der Waals surface area contributed by atoms with Gasteiger partial charge in [0.1, 0.15) is 0 Å². The second kappa shape index (κ2) is 7.34. The summed E-state index contributed by atoms with van der Waals surface area (Å²) in [5.74, 6) is -1.04. The van der Waals surface area contributed by atoms with Crippen molar-refractivity contribution in [2.24, 2.45) is 5.41 Å². The van der Waals surface area contributed by atoms with Crippen LogP contribution in [0.5, 0.6) is 0 Å². The summed E-state index contributed by atoms with van der Waals surface area (Å²) < 4.78 is 40.7. The van der Waals surface area contributed by atoms with Crippen LogP contribution in [0.3, 0.4) is 0 Å². The molecule has 148 valence electrons. The Morgan fingerprint density at radius 3 is 2.59 bits per heavy atom. The number of piperidine rings is 2. The number of Topliss-reactive ketones (excluding diaryl/α,β-unsaturated/α-hetero) is 1. The highest BCUT2D eigenvalue weighted by atomic mass is 127. The lowest BCUT2D eigenvalue weighted by atomic mass is 9.66. The van der Waals surface area contributed by atoms with Gasteiger partial charge in [0.2, 0.25) is 10.0 Å². The SMILES string of the molecule is O=C1CNC(CI)CC12CN(S(=O)(=O)c1ccccc1)CCC21OCCO1. The predicted octanol–water partition coefficient (Wildman–Crippen LogP) is 1.18. The summed E-state index contributed by atoms with van der Waals surface area (Å²) >= 11 is 2.29. The first-order chi connectivity index (χ1) is 12.9. The van der Waals surface area contributed by atoms with E-state index in [1.807, 2.05) is 0 Å². The molecule has 4 rings (SSSR count). The molecular weight excluding hydrogens is 483 g/mol. The molecule has 3 heterocycles. The molecule has 0 aromatic heterocycles. The number of hydrogen-bond donors (Lipinski definition) is 1. The molecule has 0 aliphatic carbocycles. The number of rotatable bonds is 3. The summed E-state index contributed by atoms with van der Waals surface area (Å²) in [6.45, 7) is 1.44. The Bertz CT molecular complexity index is 812. The Balaban J connectivity index is 1.73. The van der Waals surface area contributed by atoms with E-state index in [9.17, 15) is 13.2 Å². The van der Waals surface area contributed by atoms with Crippen molar-refractivity contribution < 1.29 is 22.7 Å². The number of alkyl halides is 1. The summed E-state index contributed by atoms with van der Waals surface area (Å²) in [4.78, 5) is 13.4. The maximum absolute atomic E-state index is 13.2. The fourth-order valence-electron chi connectivity index (χ4n) is 4.48. The third-order valence-electron chi connectivity index (χ3n) is 5.87. The largest absolute Gasteiger partial charge is 0.346 e. The number of nitrogens with zero attached hydrogens (tertiary/aromatic N) is 1. The first kappa shape index (κ1) is 19.7. The van der Waals surface area contributed by atoms with E-state index in [4.69, 9.17) is 9.47 Å². The molecule has 7 nitrogen and oxygen atoms in total. The lowest BCUT2D eigenvalue weighted by Gasteiger charge is -2.54. The number of fused-ring (bicyclic) bond motifs is 1. The third-order valence-corrected chi connectivity index (χ3v) is 8.79. The van der Waals surface area contributed by atoms with Crippen molar-refractivity contribution >= 4 is 38.4 Å². The molecule has 3 aliphatic rings. The van der Waals surface area contributed by atoms with Gasteiger partial charge in [-0.25, -0.2) is 8.42 Å². The number of carbonyl (C=O) groups excluding carboxylic acids is 1. The van der Waals surface area contributed by atoms with Crippen LogP contribution in [-0.4, -0.2) is 67.6 Å². The Morgan fingerprint density at radius 2 is 1.93 bits per heavy atom. The Labute approximate surface area is 173 Å². The zero-order chi connectivity index (χ0) is 19.1. The van der Waals surface area contributed by atoms with Gasteiger partial charge in [0, 0.05) is 30.0 Å². The van der Waals surface area contributed by atoms with E-state index in [1.54, 1.807) is 30.3 Å². The summed E-state index contributed by atoms with van der Waals surface area (Å²) in [5, 5.41) is 3.25. The van der Waals surface area contributed by atoms with Crippen molar-refractivity contribution in [3.05, 3.63) is 30.3 Å². The molecule has 0 amide bonds. The fourth-order valence-corrected chi connectivity index (χ4v) is 6.62. The Hall–Kier alpha value is -0.590. The number of nitrogens with one attached hydrogen (secondary N) is 1. The smallest absolute Gasteiger partial charge is 0.243 e. The number of sulfonamides is 1. The van der Waals surface area contributed by atoms with Crippen molar-refractivity contribution in [1.29, 1.82) is 0 Å². The molecule has 0 saturated carbocycles. The van der Waals surface area contributed by atoms with Crippen LogP contribution in [0.15, 0.2) is 35.2 Å². The molecule has 27 heavy (non-hydrogen) atoms. The third kappa shape index (κ3) is 3.16. The molecule has 3 saturated heterocycles. The van der Waals surface area contributed by atoms with E-state index in [0.717, 1.165) is 4.43 Å². The molecule has 1 aromatic rings. The zero-order valence-electron chi connectivity index (χ0n) is 14.9. The highest BCUT2D eigenvalue weighted by molar-refractivity contribution is 14.1. The molecule has 1 N–H and O–H groups in total. The van der Waals surface area contributed by atoms with Crippen molar-refractivity contribution in [1.82, 2.24) is 9.62 Å². The first-order valence-corrected chi connectivity index (χ1v) is 12.1. The maximum atomic E-state index is 13.2. The highest BCUT2D eigenvalue weighted by Gasteiger charge is 2.65. The van der Waals surface area contributed by atoms with Crippen LogP contribution < -0.4 is 5.32 Å². The lowest BCUT2D eigenvalue weighted by Crippen LogP contribution is -2.69. The maximum Gasteiger partial charge on any atom is 0.243 e. The van der Waals surface area contributed by atoms with Crippen molar-refractivity contribution in [3.8, 4) is 0 Å². The minimum absolute atomic E-state index is 0.0292. The predicted molar refractivity (Wildman–Crippen MR) is 107 cm³/mol. The molecule has 0 radical (unpaired) electrons. The van der Waals surface area contributed by atoms with Gasteiger partial charge in [-0.1, -0.05) is 40.8 Å². The van der Waals surface area contributed by atoms with Gasteiger partial charge < -0.3 is 14.8 Å². The van der Waals surface area contributed by atoms with Crippen LogP contribution in [0.4, 0.5) is 0 Å². The van der Waals surface area contributed by atoms with Crippen molar-refractivity contribution in [2.75, 3.05) is 37.3 Å². The van der Waals surface area contributed by atoms with Gasteiger partial charge in [0.05, 0.1) is 30.1 Å². The molecule has 2 spiro atoms. The van der Waals surface area contributed by atoms with Gasteiger partial charge in [0.25, 0.3) is 0 Å². The lowest BCUT2D eigenvalue weighted by molar-refractivity contribution is -0.256. The van der Waals surface area contributed by atoms with E-state index in [1.165, 1.54) is 4.31 Å². The van der Waals surface area contributed by atoms with E-state index >= 15 is 0 Å². The minimum Gasteiger partial charge on any atom is -0.346 e. The summed E-state index contributed by atoms with van der Waals surface area (Å²) in [7, 11) is -3.68. The van der Waals surface area contributed by atoms with Gasteiger partial charge in [-0.3, -0.25) is 4.79 Å². The topological polar surface area (TPSA) is 84.9 Å². The number of benzene rings is 1. The highest BCUT2D eigenvalue weighted by Crippen LogP contribution is 2.50. The first-order valence-electron chi connectivity index (χ1n) is 9.09. The average Bonchev–Trinajstić information content (AvgIpc) is 3.16. The number of halogens is 1. The van der Waals surface area contributed by atoms with Gasteiger partial charge in [-0.15, -0.1) is 0 Å². The van der Waals surface area contributed by atoms with E-state index < -0.39 is 21.2 Å². The molecule has 2 unspecified atom stereocenters. The molecule has 1 aromatic carbocycles. The monoisotopic (exact) mass is 506 g/mol. The van der Waals surface area contributed by atoms with Gasteiger partial charge in [-0.05, 0) is 18.6 Å². The van der Waals surface area contributed by atoms with Crippen molar-refractivity contribution in [3.63, 3.8) is 0 Å². The van der Waals surface area contributed by atoms with Crippen LogP contribution in [0.1, 0.15) is 12.8 Å². The van der Waals surface area contributed by atoms with Crippen molar-refractivity contribution in [2.45, 2.75) is 29.6 Å². The van der Waals surface area contributed by atoms with Crippen LogP contribution in [0.2, 0.25) is 0 Å². The standard InChI is InChI=1S/C18H23IN2O5S/c19-11-14-10-17(16(22)12-20-14)13-21(7-6-18(17)25-8-9-26-18)27(23,24)15-4-2-1-3-5-15/h1-5,14,20H,6-13H2. The summed E-state index contributed by atoms with van der Waals surface area (Å²) in [6, 6.07) is 8.50. The van der Waals surface area contributed by atoms with Crippen LogP contribution in [0, 0.1) is 5.41 Å². The minimum atomic E-state index is -3.68. The quantitative estimate of drug-likeness (QED) is 0.490. The normalized spacial score (nSPS) is 31.6. The summed E-state index contributed by atoms with van der Waals surface area (Å²) in [6.07, 6.45) is 0.869. The van der Waals surface area contributed by atoms with E-state index in [2.05, 4.69) is 27.9 Å². The van der Waals surface area contributed by atoms with Gasteiger partial charge in [-0.2, -0.15) is 4.31 Å². The number of hydrogen-bond acceptors (Lipinski definition) is 6. The van der Waals surface area contributed by atoms with Gasteiger partial charge >= 0.3 is 0 Å². The van der Waals surface area contributed by atoms with Crippen LogP contribution >= 0.6 is 22.6 Å². The van der Waals surface area contributed by atoms with Gasteiger partial charge in [0.15, 0.2) is 11.6 Å². The van der Waals surface area contributed by atoms with Crippen LogP contribution in [0.25, 0.3) is 0 Å². The van der Waals surface area contributed by atoms with E-state index in [0.29, 0.717) is 26.1 Å². The molecular formula is C18H23IN2O5S. The van der Waals surface area contributed by atoms with E-state index in [-0.39, 0.29) is 36.4 Å². The second-order valence-electron chi connectivity index (χ2n) is 7.29. The number of carbonyl (C=O) groups is 1. The zero-order valence-corrected chi connectivity index (χ0v) is 17.9. The molecule has 2 atom stereocenters. The second-order valence-corrected chi connectivity index (χ2v) is 10.1. The molecule has 0 bridgehead atoms. The number of ether oxygens (including phenoxy) is 2. The Kier molecular flexibility index (Phi) is 5.36. The molecule has 3 fully saturated rings. The van der Waals surface area contributed by atoms with Crippen LogP contribution in [-0.2, 0) is 24.3 Å². The molecule has 3 aliphatic heterocycles. The summed E-state index contributed by atoms with van der Waals surface area (Å²) in [5.41, 5.74) is -0.981.